The number of imide groups is 1. The van der Waals surface area contributed by atoms with Gasteiger partial charge in [-0.05, 0) is 25.1 Å². The number of rotatable bonds is 5. The van der Waals surface area contributed by atoms with Gasteiger partial charge in [-0.15, -0.1) is 0 Å². The Kier molecular flexibility index (Phi) is 6.77. The summed E-state index contributed by atoms with van der Waals surface area (Å²) < 4.78 is 26.6. The second kappa shape index (κ2) is 8.61. The van der Waals surface area contributed by atoms with Crippen molar-refractivity contribution in [1.29, 1.82) is 0 Å². The van der Waals surface area contributed by atoms with Crippen molar-refractivity contribution in [2.45, 2.75) is 11.8 Å². The van der Waals surface area contributed by atoms with Gasteiger partial charge in [-0.25, -0.2) is 13.2 Å². The molecule has 2 N–H and O–H groups in total. The van der Waals surface area contributed by atoms with Gasteiger partial charge >= 0.3 is 6.03 Å². The van der Waals surface area contributed by atoms with E-state index in [1.165, 1.54) is 16.4 Å². The fourth-order valence-electron chi connectivity index (χ4n) is 2.48. The summed E-state index contributed by atoms with van der Waals surface area (Å²) in [5, 5.41) is 5.06. The summed E-state index contributed by atoms with van der Waals surface area (Å²) in [7, 11) is -3.61. The third kappa shape index (κ3) is 5.40. The van der Waals surface area contributed by atoms with Gasteiger partial charge in [0, 0.05) is 37.7 Å². The molecule has 0 radical (unpaired) electrons. The Labute approximate surface area is 152 Å². The van der Waals surface area contributed by atoms with Gasteiger partial charge in [0.15, 0.2) is 0 Å². The number of nitrogens with one attached hydrogen (secondary N) is 2. The van der Waals surface area contributed by atoms with Crippen molar-refractivity contribution in [1.82, 2.24) is 19.8 Å². The highest BCUT2D eigenvalue weighted by atomic mass is 35.5. The molecule has 0 saturated carbocycles. The number of hydrogen-bond donors (Lipinski definition) is 2. The maximum atomic E-state index is 12.6. The smallest absolute Gasteiger partial charge is 0.321 e. The van der Waals surface area contributed by atoms with Crippen molar-refractivity contribution in [2.24, 2.45) is 0 Å². The normalized spacial score (nSPS) is 16.4. The van der Waals surface area contributed by atoms with Crippen LogP contribution < -0.4 is 10.6 Å². The Morgan fingerprint density at radius 2 is 1.88 bits per heavy atom. The minimum Gasteiger partial charge on any atom is -0.338 e. The van der Waals surface area contributed by atoms with Crippen molar-refractivity contribution in [2.75, 3.05) is 39.3 Å². The van der Waals surface area contributed by atoms with E-state index in [1.54, 1.807) is 24.0 Å². The van der Waals surface area contributed by atoms with Crippen LogP contribution in [0.3, 0.4) is 0 Å². The number of urea groups is 1. The van der Waals surface area contributed by atoms with Gasteiger partial charge in [-0.2, -0.15) is 4.31 Å². The number of sulfonamides is 1. The first-order valence-corrected chi connectivity index (χ1v) is 9.70. The number of benzene rings is 1. The molecule has 10 heteroatoms. The lowest BCUT2D eigenvalue weighted by Gasteiger charge is -2.33. The highest BCUT2D eigenvalue weighted by Gasteiger charge is 2.29. The van der Waals surface area contributed by atoms with E-state index in [2.05, 4.69) is 10.6 Å². The van der Waals surface area contributed by atoms with E-state index < -0.39 is 22.0 Å². The quantitative estimate of drug-likeness (QED) is 0.765. The van der Waals surface area contributed by atoms with Gasteiger partial charge in [-0.1, -0.05) is 17.7 Å². The molecule has 25 heavy (non-hydrogen) atoms. The lowest BCUT2D eigenvalue weighted by Crippen LogP contribution is -2.52. The average molecular weight is 389 g/mol. The van der Waals surface area contributed by atoms with E-state index in [1.807, 2.05) is 0 Å². The molecule has 1 aliphatic rings. The zero-order chi connectivity index (χ0) is 18.4. The standard InChI is InChI=1S/C15H21ClN4O4S/c1-2-17-15(22)18-14(21)11-19-6-8-20(9-7-19)25(23,24)13-5-3-4-12(16)10-13/h3-5,10H,2,6-9,11H2,1H3,(H2,17,18,21,22). The van der Waals surface area contributed by atoms with Gasteiger partial charge in [0.2, 0.25) is 15.9 Å². The summed E-state index contributed by atoms with van der Waals surface area (Å²) in [6.45, 7) is 3.57. The molecule has 1 aliphatic heterocycles. The second-order valence-corrected chi connectivity index (χ2v) is 7.92. The van der Waals surface area contributed by atoms with E-state index in [0.717, 1.165) is 0 Å². The number of halogens is 1. The third-order valence-corrected chi connectivity index (χ3v) is 5.85. The first-order valence-electron chi connectivity index (χ1n) is 7.88. The molecule has 1 fully saturated rings. The Balaban J connectivity index is 1.89. The molecule has 1 heterocycles. The van der Waals surface area contributed by atoms with Gasteiger partial charge < -0.3 is 5.32 Å². The molecule has 8 nitrogen and oxygen atoms in total. The highest BCUT2D eigenvalue weighted by Crippen LogP contribution is 2.20. The van der Waals surface area contributed by atoms with Gasteiger partial charge in [0.1, 0.15) is 0 Å². The van der Waals surface area contributed by atoms with Crippen molar-refractivity contribution in [3.63, 3.8) is 0 Å². The van der Waals surface area contributed by atoms with Crippen LogP contribution in [-0.4, -0.2) is 68.8 Å². The molecular weight excluding hydrogens is 368 g/mol. The number of nitrogens with zero attached hydrogens (tertiary/aromatic N) is 2. The van der Waals surface area contributed by atoms with Crippen LogP contribution in [0.15, 0.2) is 29.2 Å². The maximum absolute atomic E-state index is 12.6. The molecule has 1 aromatic carbocycles. The molecule has 138 valence electrons. The predicted molar refractivity (Wildman–Crippen MR) is 93.9 cm³/mol. The molecule has 2 rings (SSSR count). The predicted octanol–water partition coefficient (Wildman–Crippen LogP) is 0.492. The molecule has 0 bridgehead atoms. The molecular formula is C15H21ClN4O4S. The van der Waals surface area contributed by atoms with Crippen LogP contribution in [0.25, 0.3) is 0 Å². The molecule has 0 unspecified atom stereocenters. The minimum atomic E-state index is -3.61. The van der Waals surface area contributed by atoms with Crippen molar-refractivity contribution in [3.05, 3.63) is 29.3 Å². The summed E-state index contributed by atoms with van der Waals surface area (Å²) in [5.41, 5.74) is 0. The lowest BCUT2D eigenvalue weighted by molar-refractivity contribution is -0.121. The van der Waals surface area contributed by atoms with Crippen LogP contribution in [0.1, 0.15) is 6.92 Å². The lowest BCUT2D eigenvalue weighted by atomic mass is 10.3. The van der Waals surface area contributed by atoms with E-state index in [-0.39, 0.29) is 24.5 Å². The SMILES string of the molecule is CCNC(=O)NC(=O)CN1CCN(S(=O)(=O)c2cccc(Cl)c2)CC1. The fraction of sp³-hybridized carbons (Fsp3) is 0.467. The zero-order valence-electron chi connectivity index (χ0n) is 13.9. The van der Waals surface area contributed by atoms with Crippen LogP contribution >= 0.6 is 11.6 Å². The van der Waals surface area contributed by atoms with Gasteiger partial charge in [0.05, 0.1) is 11.4 Å². The molecule has 1 aromatic rings. The van der Waals surface area contributed by atoms with Crippen LogP contribution in [0.4, 0.5) is 4.79 Å². The number of carbonyl (C=O) groups excluding carboxylic acids is 2. The Bertz CT molecular complexity index is 733. The van der Waals surface area contributed by atoms with E-state index in [4.69, 9.17) is 11.6 Å². The van der Waals surface area contributed by atoms with E-state index >= 15 is 0 Å². The molecule has 0 atom stereocenters. The van der Waals surface area contributed by atoms with Crippen LogP contribution in [0.2, 0.25) is 5.02 Å². The van der Waals surface area contributed by atoms with Crippen LogP contribution in [0.5, 0.6) is 0 Å². The summed E-state index contributed by atoms with van der Waals surface area (Å²) in [6.07, 6.45) is 0. The number of carbonyl (C=O) groups is 2. The summed E-state index contributed by atoms with van der Waals surface area (Å²) in [5.74, 6) is -0.419. The maximum Gasteiger partial charge on any atom is 0.321 e. The number of hydrogen-bond acceptors (Lipinski definition) is 5. The molecule has 0 aliphatic carbocycles. The highest BCUT2D eigenvalue weighted by molar-refractivity contribution is 7.89. The number of amides is 3. The third-order valence-electron chi connectivity index (χ3n) is 3.72. The topological polar surface area (TPSA) is 98.8 Å². The van der Waals surface area contributed by atoms with Crippen molar-refractivity contribution >= 4 is 33.6 Å². The average Bonchev–Trinajstić information content (AvgIpc) is 2.55. The van der Waals surface area contributed by atoms with Crippen LogP contribution in [-0.2, 0) is 14.8 Å². The van der Waals surface area contributed by atoms with E-state index in [9.17, 15) is 18.0 Å². The fourth-order valence-corrected chi connectivity index (χ4v) is 4.20. The Morgan fingerprint density at radius 3 is 2.48 bits per heavy atom. The molecule has 0 aromatic heterocycles. The monoisotopic (exact) mass is 388 g/mol. The van der Waals surface area contributed by atoms with Gasteiger partial charge in [0.25, 0.3) is 0 Å². The summed E-state index contributed by atoms with van der Waals surface area (Å²) in [6, 6.07) is 5.61. The van der Waals surface area contributed by atoms with Crippen molar-refractivity contribution in [3.8, 4) is 0 Å². The van der Waals surface area contributed by atoms with E-state index in [0.29, 0.717) is 24.7 Å². The molecule has 3 amide bonds. The largest absolute Gasteiger partial charge is 0.338 e. The summed E-state index contributed by atoms with van der Waals surface area (Å²) >= 11 is 5.87. The van der Waals surface area contributed by atoms with Gasteiger partial charge in [-0.3, -0.25) is 15.0 Å². The Morgan fingerprint density at radius 1 is 1.20 bits per heavy atom. The summed E-state index contributed by atoms with van der Waals surface area (Å²) in [4.78, 5) is 25.0. The zero-order valence-corrected chi connectivity index (χ0v) is 15.4. The first kappa shape index (κ1) is 19.6. The minimum absolute atomic E-state index is 0.0438. The Hall–Kier alpha value is -1.68. The molecule has 0 spiro atoms. The van der Waals surface area contributed by atoms with Crippen molar-refractivity contribution < 1.29 is 18.0 Å². The second-order valence-electron chi connectivity index (χ2n) is 5.55. The first-order chi connectivity index (χ1) is 11.8. The number of piperazine rings is 1. The molecule has 1 saturated heterocycles. The van der Waals surface area contributed by atoms with Crippen LogP contribution in [0, 0.1) is 0 Å².